The van der Waals surface area contributed by atoms with Crippen molar-refractivity contribution in [2.24, 2.45) is 0 Å². The highest BCUT2D eigenvalue weighted by Crippen LogP contribution is 2.26. The summed E-state index contributed by atoms with van der Waals surface area (Å²) in [6, 6.07) is 14.0. The molecule has 0 unspecified atom stereocenters. The minimum Gasteiger partial charge on any atom is -0.240 e. The lowest BCUT2D eigenvalue weighted by Gasteiger charge is -2.04. The Morgan fingerprint density at radius 3 is 2.40 bits per heavy atom. The van der Waals surface area contributed by atoms with E-state index >= 15 is 0 Å². The van der Waals surface area contributed by atoms with Crippen molar-refractivity contribution >= 4 is 27.5 Å². The average Bonchev–Trinajstić information content (AvgIpc) is 2.30. The lowest BCUT2D eigenvalue weighted by molar-refractivity contribution is 1.19. The van der Waals surface area contributed by atoms with Crippen LogP contribution in [0.3, 0.4) is 0 Å². The smallest absolute Gasteiger partial charge is 0.137 e. The number of rotatable bonds is 2. The Labute approximate surface area is 102 Å². The van der Waals surface area contributed by atoms with Crippen LogP contribution in [0.4, 0.5) is 0 Å². The Kier molecular flexibility index (Phi) is 3.39. The zero-order valence-electron chi connectivity index (χ0n) is 7.95. The molecule has 1 nitrogen and oxygen atoms in total. The molecule has 0 amide bonds. The first-order valence-electron chi connectivity index (χ1n) is 4.58. The van der Waals surface area contributed by atoms with Gasteiger partial charge in [0, 0.05) is 10.9 Å². The van der Waals surface area contributed by atoms with Crippen LogP contribution in [0.15, 0.2) is 42.5 Å². The van der Waals surface area contributed by atoms with Crippen LogP contribution >= 0.6 is 27.5 Å². The molecule has 0 bridgehead atoms. The molecule has 3 heteroatoms. The zero-order valence-corrected chi connectivity index (χ0v) is 10.3. The van der Waals surface area contributed by atoms with Gasteiger partial charge in [-0.1, -0.05) is 57.9 Å². The van der Waals surface area contributed by atoms with Gasteiger partial charge in [0.1, 0.15) is 5.15 Å². The van der Waals surface area contributed by atoms with E-state index < -0.39 is 0 Å². The summed E-state index contributed by atoms with van der Waals surface area (Å²) in [6.45, 7) is 0. The molecule has 1 heterocycles. The van der Waals surface area contributed by atoms with E-state index in [0.717, 1.165) is 22.2 Å². The molecule has 1 aromatic heterocycles. The summed E-state index contributed by atoms with van der Waals surface area (Å²) in [5.74, 6) is 0. The van der Waals surface area contributed by atoms with E-state index in [1.165, 1.54) is 0 Å². The monoisotopic (exact) mass is 281 g/mol. The number of nitrogens with zero attached hydrogens (tertiary/aromatic N) is 1. The molecule has 0 saturated carbocycles. The lowest BCUT2D eigenvalue weighted by Crippen LogP contribution is -1.88. The summed E-state index contributed by atoms with van der Waals surface area (Å²) in [6.07, 6.45) is 0. The quantitative estimate of drug-likeness (QED) is 0.591. The van der Waals surface area contributed by atoms with Gasteiger partial charge >= 0.3 is 0 Å². The van der Waals surface area contributed by atoms with Crippen LogP contribution in [0.25, 0.3) is 11.1 Å². The molecule has 0 saturated heterocycles. The van der Waals surface area contributed by atoms with Gasteiger partial charge < -0.3 is 0 Å². The van der Waals surface area contributed by atoms with Crippen LogP contribution in [0.2, 0.25) is 5.15 Å². The lowest BCUT2D eigenvalue weighted by atomic mass is 10.1. The molecule has 0 aliphatic carbocycles. The summed E-state index contributed by atoms with van der Waals surface area (Å²) in [5.41, 5.74) is 3.01. The number of hydrogen-bond acceptors (Lipinski definition) is 1. The van der Waals surface area contributed by atoms with Crippen molar-refractivity contribution in [2.45, 2.75) is 5.33 Å². The highest BCUT2D eigenvalue weighted by molar-refractivity contribution is 9.08. The molecule has 0 spiro atoms. The predicted molar refractivity (Wildman–Crippen MR) is 67.3 cm³/mol. The number of halogens is 2. The maximum absolute atomic E-state index is 6.11. The van der Waals surface area contributed by atoms with Crippen LogP contribution in [0.5, 0.6) is 0 Å². The Bertz CT molecular complexity index is 456. The second-order valence-electron chi connectivity index (χ2n) is 3.14. The fraction of sp³-hybridized carbons (Fsp3) is 0.0833. The molecule has 2 aromatic rings. The maximum atomic E-state index is 6.11. The van der Waals surface area contributed by atoms with E-state index in [4.69, 9.17) is 11.6 Å². The van der Waals surface area contributed by atoms with Gasteiger partial charge in [-0.3, -0.25) is 0 Å². The number of aromatic nitrogens is 1. The fourth-order valence-corrected chi connectivity index (χ4v) is 1.97. The molecular weight excluding hydrogens is 273 g/mol. The second-order valence-corrected chi connectivity index (χ2v) is 4.06. The molecule has 15 heavy (non-hydrogen) atoms. The van der Waals surface area contributed by atoms with Crippen LogP contribution < -0.4 is 0 Å². The Balaban J connectivity index is 2.46. The molecule has 1 aromatic carbocycles. The number of alkyl halides is 1. The topological polar surface area (TPSA) is 12.9 Å². The summed E-state index contributed by atoms with van der Waals surface area (Å²) in [4.78, 5) is 4.29. The number of benzene rings is 1. The molecular formula is C12H9BrClN. The Morgan fingerprint density at radius 1 is 1.07 bits per heavy atom. The van der Waals surface area contributed by atoms with Crippen LogP contribution in [-0.2, 0) is 5.33 Å². The summed E-state index contributed by atoms with van der Waals surface area (Å²) < 4.78 is 0. The van der Waals surface area contributed by atoms with Gasteiger partial charge in [-0.2, -0.15) is 0 Å². The van der Waals surface area contributed by atoms with Gasteiger partial charge in [0.05, 0.1) is 5.69 Å². The normalized spacial score (nSPS) is 10.3. The van der Waals surface area contributed by atoms with Crippen molar-refractivity contribution in [3.8, 4) is 11.1 Å². The first kappa shape index (κ1) is 10.7. The highest BCUT2D eigenvalue weighted by atomic mass is 79.9. The third-order valence-electron chi connectivity index (χ3n) is 2.13. The first-order chi connectivity index (χ1) is 7.31. The molecule has 76 valence electrons. The van der Waals surface area contributed by atoms with Crippen molar-refractivity contribution in [1.82, 2.24) is 4.98 Å². The van der Waals surface area contributed by atoms with Gasteiger partial charge in [-0.05, 0) is 17.7 Å². The van der Waals surface area contributed by atoms with Crippen LogP contribution in [0, 0.1) is 0 Å². The van der Waals surface area contributed by atoms with E-state index in [9.17, 15) is 0 Å². The number of hydrogen-bond donors (Lipinski definition) is 0. The maximum Gasteiger partial charge on any atom is 0.137 e. The van der Waals surface area contributed by atoms with E-state index in [0.29, 0.717) is 5.15 Å². The van der Waals surface area contributed by atoms with Crippen molar-refractivity contribution in [2.75, 3.05) is 0 Å². The first-order valence-corrected chi connectivity index (χ1v) is 6.08. The largest absolute Gasteiger partial charge is 0.240 e. The van der Waals surface area contributed by atoms with E-state index in [1.807, 2.05) is 42.5 Å². The standard InChI is InChI=1S/C12H9BrClN/c13-8-10-6-7-11(12(14)15-10)9-4-2-1-3-5-9/h1-7H,8H2. The minimum atomic E-state index is 0.554. The van der Waals surface area contributed by atoms with Gasteiger partial charge in [-0.15, -0.1) is 0 Å². The van der Waals surface area contributed by atoms with Crippen molar-refractivity contribution in [1.29, 1.82) is 0 Å². The summed E-state index contributed by atoms with van der Waals surface area (Å²) >= 11 is 9.46. The van der Waals surface area contributed by atoms with Crippen molar-refractivity contribution in [3.63, 3.8) is 0 Å². The molecule has 0 atom stereocenters. The highest BCUT2D eigenvalue weighted by Gasteiger charge is 2.04. The average molecular weight is 283 g/mol. The van der Waals surface area contributed by atoms with Gasteiger partial charge in [0.15, 0.2) is 0 Å². The molecule has 0 fully saturated rings. The van der Waals surface area contributed by atoms with E-state index in [2.05, 4.69) is 20.9 Å². The SMILES string of the molecule is Clc1nc(CBr)ccc1-c1ccccc1. The fourth-order valence-electron chi connectivity index (χ4n) is 1.38. The van der Waals surface area contributed by atoms with E-state index in [-0.39, 0.29) is 0 Å². The minimum absolute atomic E-state index is 0.554. The van der Waals surface area contributed by atoms with E-state index in [1.54, 1.807) is 0 Å². The van der Waals surface area contributed by atoms with Crippen LogP contribution in [0.1, 0.15) is 5.69 Å². The summed E-state index contributed by atoms with van der Waals surface area (Å²) in [7, 11) is 0. The van der Waals surface area contributed by atoms with Crippen molar-refractivity contribution in [3.05, 3.63) is 53.3 Å². The molecule has 0 aliphatic rings. The van der Waals surface area contributed by atoms with Gasteiger partial charge in [-0.25, -0.2) is 4.98 Å². The molecule has 0 radical (unpaired) electrons. The third-order valence-corrected chi connectivity index (χ3v) is 2.99. The zero-order chi connectivity index (χ0) is 10.7. The molecule has 0 N–H and O–H groups in total. The third kappa shape index (κ3) is 2.39. The molecule has 2 rings (SSSR count). The Hall–Kier alpha value is -0.860. The van der Waals surface area contributed by atoms with Crippen molar-refractivity contribution < 1.29 is 0 Å². The Morgan fingerprint density at radius 2 is 1.80 bits per heavy atom. The van der Waals surface area contributed by atoms with Gasteiger partial charge in [0.25, 0.3) is 0 Å². The summed E-state index contributed by atoms with van der Waals surface area (Å²) in [5, 5.41) is 1.28. The van der Waals surface area contributed by atoms with Crippen LogP contribution in [-0.4, -0.2) is 4.98 Å². The second kappa shape index (κ2) is 4.77. The molecule has 0 aliphatic heterocycles. The number of pyridine rings is 1. The van der Waals surface area contributed by atoms with Gasteiger partial charge in [0.2, 0.25) is 0 Å². The predicted octanol–water partition coefficient (Wildman–Crippen LogP) is 4.30.